The number of nitriles is 1. The van der Waals surface area contributed by atoms with Crippen LogP contribution in [0.25, 0.3) is 0 Å². The topological polar surface area (TPSA) is 52.9 Å². The van der Waals surface area contributed by atoms with E-state index in [2.05, 4.69) is 11.4 Å². The van der Waals surface area contributed by atoms with Gasteiger partial charge in [-0.3, -0.25) is 4.79 Å². The highest BCUT2D eigenvalue weighted by atomic mass is 32.2. The quantitative estimate of drug-likeness (QED) is 0.905. The average Bonchev–Trinajstić information content (AvgIpc) is 2.40. The molecule has 0 spiro atoms. The minimum Gasteiger partial charge on any atom is -0.353 e. The fourth-order valence-electron chi connectivity index (χ4n) is 2.00. The molecule has 1 aromatic rings. The molecule has 1 heterocycles. The summed E-state index contributed by atoms with van der Waals surface area (Å²) in [5.74, 6) is 2.36. The number of nitrogens with zero attached hydrogens (tertiary/aromatic N) is 1. The Labute approximate surface area is 112 Å². The van der Waals surface area contributed by atoms with Crippen LogP contribution in [0.15, 0.2) is 24.3 Å². The lowest BCUT2D eigenvalue weighted by Gasteiger charge is -2.22. The first-order valence-corrected chi connectivity index (χ1v) is 7.29. The number of rotatable bonds is 3. The first-order chi connectivity index (χ1) is 8.78. The van der Waals surface area contributed by atoms with E-state index in [4.69, 9.17) is 5.26 Å². The van der Waals surface area contributed by atoms with Crippen LogP contribution in [0.4, 0.5) is 0 Å². The van der Waals surface area contributed by atoms with E-state index in [-0.39, 0.29) is 5.91 Å². The molecule has 0 aromatic heterocycles. The summed E-state index contributed by atoms with van der Waals surface area (Å²) in [6.45, 7) is 0. The van der Waals surface area contributed by atoms with Crippen molar-refractivity contribution in [1.82, 2.24) is 5.32 Å². The molecule has 18 heavy (non-hydrogen) atoms. The molecule has 4 heteroatoms. The molecule has 1 fully saturated rings. The Bertz CT molecular complexity index is 444. The lowest BCUT2D eigenvalue weighted by Crippen LogP contribution is -2.38. The SMILES string of the molecule is N#Cc1ccc(CC(=O)NC2CCSCC2)cc1. The molecule has 0 saturated carbocycles. The Morgan fingerprint density at radius 2 is 2.00 bits per heavy atom. The minimum absolute atomic E-state index is 0.0802. The molecule has 1 aromatic carbocycles. The van der Waals surface area contributed by atoms with Crippen LogP contribution >= 0.6 is 11.8 Å². The van der Waals surface area contributed by atoms with Crippen molar-refractivity contribution < 1.29 is 4.79 Å². The summed E-state index contributed by atoms with van der Waals surface area (Å²) in [4.78, 5) is 11.9. The van der Waals surface area contributed by atoms with Crippen molar-refractivity contribution in [1.29, 1.82) is 5.26 Å². The summed E-state index contributed by atoms with van der Waals surface area (Å²) in [5.41, 5.74) is 1.58. The van der Waals surface area contributed by atoms with Gasteiger partial charge in [-0.2, -0.15) is 17.0 Å². The van der Waals surface area contributed by atoms with Crippen molar-refractivity contribution in [2.75, 3.05) is 11.5 Å². The van der Waals surface area contributed by atoms with Gasteiger partial charge in [0.15, 0.2) is 0 Å². The lowest BCUT2D eigenvalue weighted by molar-refractivity contribution is -0.121. The lowest BCUT2D eigenvalue weighted by atomic mass is 10.1. The second-order valence-corrected chi connectivity index (χ2v) is 5.66. The van der Waals surface area contributed by atoms with E-state index in [1.165, 1.54) is 0 Å². The van der Waals surface area contributed by atoms with Crippen molar-refractivity contribution in [2.45, 2.75) is 25.3 Å². The summed E-state index contributed by atoms with van der Waals surface area (Å²) in [6, 6.07) is 9.60. The van der Waals surface area contributed by atoms with Crippen LogP contribution in [0, 0.1) is 11.3 Å². The summed E-state index contributed by atoms with van der Waals surface area (Å²) < 4.78 is 0. The summed E-state index contributed by atoms with van der Waals surface area (Å²) in [6.07, 6.45) is 2.54. The maximum atomic E-state index is 11.9. The summed E-state index contributed by atoms with van der Waals surface area (Å²) >= 11 is 1.95. The molecule has 0 radical (unpaired) electrons. The normalized spacial score (nSPS) is 15.9. The molecule has 3 nitrogen and oxygen atoms in total. The van der Waals surface area contributed by atoms with E-state index in [9.17, 15) is 4.79 Å². The van der Waals surface area contributed by atoms with E-state index >= 15 is 0 Å². The predicted molar refractivity (Wildman–Crippen MR) is 73.4 cm³/mol. The smallest absolute Gasteiger partial charge is 0.224 e. The number of carbonyl (C=O) groups excluding carboxylic acids is 1. The molecule has 1 N–H and O–H groups in total. The number of benzene rings is 1. The highest BCUT2D eigenvalue weighted by molar-refractivity contribution is 7.99. The minimum atomic E-state index is 0.0802. The average molecular weight is 260 g/mol. The molecule has 0 aliphatic carbocycles. The van der Waals surface area contributed by atoms with E-state index in [0.29, 0.717) is 18.0 Å². The van der Waals surface area contributed by atoms with Crippen molar-refractivity contribution in [3.8, 4) is 6.07 Å². The predicted octanol–water partition coefficient (Wildman–Crippen LogP) is 2.11. The van der Waals surface area contributed by atoms with Crippen LogP contribution in [0.2, 0.25) is 0 Å². The third-order valence-corrected chi connectivity index (χ3v) is 4.08. The number of nitrogens with one attached hydrogen (secondary N) is 1. The molecular weight excluding hydrogens is 244 g/mol. The Kier molecular flexibility index (Phi) is 4.66. The molecule has 0 unspecified atom stereocenters. The van der Waals surface area contributed by atoms with Crippen LogP contribution in [-0.4, -0.2) is 23.5 Å². The van der Waals surface area contributed by atoms with Gasteiger partial charge in [0.05, 0.1) is 18.1 Å². The number of amides is 1. The summed E-state index contributed by atoms with van der Waals surface area (Å²) in [7, 11) is 0. The molecule has 0 bridgehead atoms. The monoisotopic (exact) mass is 260 g/mol. The van der Waals surface area contributed by atoms with Gasteiger partial charge in [0.25, 0.3) is 0 Å². The maximum Gasteiger partial charge on any atom is 0.224 e. The molecule has 0 atom stereocenters. The van der Waals surface area contributed by atoms with Gasteiger partial charge in [-0.05, 0) is 42.0 Å². The number of carbonyl (C=O) groups is 1. The molecule has 1 aliphatic rings. The molecule has 94 valence electrons. The Balaban J connectivity index is 1.84. The molecule has 1 amide bonds. The zero-order valence-electron chi connectivity index (χ0n) is 10.2. The fourth-order valence-corrected chi connectivity index (χ4v) is 3.11. The first kappa shape index (κ1) is 13.0. The van der Waals surface area contributed by atoms with Gasteiger partial charge in [0.1, 0.15) is 0 Å². The van der Waals surface area contributed by atoms with Gasteiger partial charge in [0, 0.05) is 6.04 Å². The van der Waals surface area contributed by atoms with Crippen LogP contribution in [0.1, 0.15) is 24.0 Å². The van der Waals surface area contributed by atoms with Gasteiger partial charge >= 0.3 is 0 Å². The number of thioether (sulfide) groups is 1. The Morgan fingerprint density at radius 3 is 2.61 bits per heavy atom. The fraction of sp³-hybridized carbons (Fsp3) is 0.429. The molecule has 2 rings (SSSR count). The zero-order valence-corrected chi connectivity index (χ0v) is 11.0. The van der Waals surface area contributed by atoms with Crippen molar-refractivity contribution >= 4 is 17.7 Å². The second-order valence-electron chi connectivity index (χ2n) is 4.44. The van der Waals surface area contributed by atoms with E-state index in [1.54, 1.807) is 12.1 Å². The standard InChI is InChI=1S/C14H16N2OS/c15-10-12-3-1-11(2-4-12)9-14(17)16-13-5-7-18-8-6-13/h1-4,13H,5-9H2,(H,16,17). The summed E-state index contributed by atoms with van der Waals surface area (Å²) in [5, 5.41) is 11.8. The number of hydrogen-bond acceptors (Lipinski definition) is 3. The van der Waals surface area contributed by atoms with Crippen molar-refractivity contribution in [2.24, 2.45) is 0 Å². The van der Waals surface area contributed by atoms with Crippen molar-refractivity contribution in [3.05, 3.63) is 35.4 Å². The van der Waals surface area contributed by atoms with Crippen LogP contribution < -0.4 is 5.32 Å². The highest BCUT2D eigenvalue weighted by Crippen LogP contribution is 2.17. The van der Waals surface area contributed by atoms with E-state index < -0.39 is 0 Å². The zero-order chi connectivity index (χ0) is 12.8. The Hall–Kier alpha value is -1.47. The highest BCUT2D eigenvalue weighted by Gasteiger charge is 2.15. The van der Waals surface area contributed by atoms with Crippen LogP contribution in [0.5, 0.6) is 0 Å². The molecular formula is C14H16N2OS. The van der Waals surface area contributed by atoms with Gasteiger partial charge in [-0.25, -0.2) is 0 Å². The Morgan fingerprint density at radius 1 is 1.33 bits per heavy atom. The van der Waals surface area contributed by atoms with Gasteiger partial charge in [-0.15, -0.1) is 0 Å². The van der Waals surface area contributed by atoms with E-state index in [0.717, 1.165) is 29.9 Å². The van der Waals surface area contributed by atoms with Crippen molar-refractivity contribution in [3.63, 3.8) is 0 Å². The van der Waals surface area contributed by atoms with Gasteiger partial charge in [-0.1, -0.05) is 12.1 Å². The third kappa shape index (κ3) is 3.78. The second kappa shape index (κ2) is 6.46. The molecule has 1 saturated heterocycles. The third-order valence-electron chi connectivity index (χ3n) is 3.03. The van der Waals surface area contributed by atoms with Crippen LogP contribution in [-0.2, 0) is 11.2 Å². The largest absolute Gasteiger partial charge is 0.353 e. The first-order valence-electron chi connectivity index (χ1n) is 6.14. The van der Waals surface area contributed by atoms with E-state index in [1.807, 2.05) is 23.9 Å². The van der Waals surface area contributed by atoms with Gasteiger partial charge < -0.3 is 5.32 Å². The molecule has 1 aliphatic heterocycles. The maximum absolute atomic E-state index is 11.9. The van der Waals surface area contributed by atoms with Gasteiger partial charge in [0.2, 0.25) is 5.91 Å². The van der Waals surface area contributed by atoms with Crippen LogP contribution in [0.3, 0.4) is 0 Å². The number of hydrogen-bond donors (Lipinski definition) is 1.